The minimum absolute atomic E-state index is 0.0340. The van der Waals surface area contributed by atoms with E-state index in [0.29, 0.717) is 17.9 Å². The number of benzene rings is 1. The highest BCUT2D eigenvalue weighted by Crippen LogP contribution is 2.24. The second-order valence-electron chi connectivity index (χ2n) is 5.08. The summed E-state index contributed by atoms with van der Waals surface area (Å²) in [7, 11) is 0. The fourth-order valence-corrected chi connectivity index (χ4v) is 2.20. The maximum Gasteiger partial charge on any atom is 0.225 e. The molecule has 0 radical (unpaired) electrons. The van der Waals surface area contributed by atoms with Crippen LogP contribution in [0.5, 0.6) is 0 Å². The van der Waals surface area contributed by atoms with Gasteiger partial charge in [-0.05, 0) is 12.5 Å². The fraction of sp³-hybridized carbons (Fsp3) is 0.250. The largest absolute Gasteiger partial charge is 0.309 e. The quantitative estimate of drug-likeness (QED) is 0.757. The van der Waals surface area contributed by atoms with Crippen LogP contribution in [0.1, 0.15) is 26.2 Å². The number of fused-ring (bicyclic) bond motifs is 1. The van der Waals surface area contributed by atoms with Gasteiger partial charge in [0.05, 0.1) is 11.1 Å². The number of hydrogen-bond donors (Lipinski definition) is 2. The molecule has 0 fully saturated rings. The molecule has 1 amide bonds. The van der Waals surface area contributed by atoms with E-state index in [9.17, 15) is 4.79 Å². The van der Waals surface area contributed by atoms with Crippen LogP contribution in [0.25, 0.3) is 22.3 Å². The van der Waals surface area contributed by atoms with Crippen LogP contribution < -0.4 is 5.32 Å². The summed E-state index contributed by atoms with van der Waals surface area (Å²) < 4.78 is 0. The first-order valence-corrected chi connectivity index (χ1v) is 7.35. The molecule has 2 heterocycles. The molecule has 0 aliphatic rings. The van der Waals surface area contributed by atoms with Gasteiger partial charge in [0, 0.05) is 12.0 Å². The smallest absolute Gasteiger partial charge is 0.225 e. The molecule has 0 spiro atoms. The Labute approximate surface area is 128 Å². The number of amides is 1. The normalized spacial score (nSPS) is 10.8. The summed E-state index contributed by atoms with van der Waals surface area (Å²) in [4.78, 5) is 11.9. The molecule has 0 atom stereocenters. The summed E-state index contributed by atoms with van der Waals surface area (Å²) in [6, 6.07) is 11.7. The molecule has 0 bridgehead atoms. The SMILES string of the molecule is CCCCC(=O)Nc1n[nH]c2nnc(-c3ccccc3)cc12. The summed E-state index contributed by atoms with van der Waals surface area (Å²) in [5.41, 5.74) is 2.28. The van der Waals surface area contributed by atoms with Crippen LogP contribution >= 0.6 is 0 Å². The van der Waals surface area contributed by atoms with Gasteiger partial charge in [0.15, 0.2) is 11.5 Å². The summed E-state index contributed by atoms with van der Waals surface area (Å²) in [5.74, 6) is 0.469. The highest BCUT2D eigenvalue weighted by molar-refractivity contribution is 5.99. The van der Waals surface area contributed by atoms with Gasteiger partial charge >= 0.3 is 0 Å². The molecule has 3 rings (SSSR count). The predicted octanol–water partition coefficient (Wildman–Crippen LogP) is 3.15. The molecule has 6 heteroatoms. The van der Waals surface area contributed by atoms with Crippen LogP contribution in [0.2, 0.25) is 0 Å². The number of aromatic nitrogens is 4. The summed E-state index contributed by atoms with van der Waals surface area (Å²) in [6.45, 7) is 2.05. The highest BCUT2D eigenvalue weighted by atomic mass is 16.1. The average Bonchev–Trinajstić information content (AvgIpc) is 2.96. The lowest BCUT2D eigenvalue weighted by Gasteiger charge is -2.02. The van der Waals surface area contributed by atoms with Gasteiger partial charge in [0.2, 0.25) is 5.91 Å². The molecule has 22 heavy (non-hydrogen) atoms. The number of unbranched alkanes of at least 4 members (excludes halogenated alkanes) is 1. The molecule has 3 aromatic rings. The molecular weight excluding hydrogens is 278 g/mol. The number of hydrogen-bond acceptors (Lipinski definition) is 4. The zero-order valence-electron chi connectivity index (χ0n) is 12.3. The first-order chi connectivity index (χ1) is 10.8. The Morgan fingerprint density at radius 2 is 2.05 bits per heavy atom. The average molecular weight is 295 g/mol. The molecule has 0 saturated carbocycles. The monoisotopic (exact) mass is 295 g/mol. The Morgan fingerprint density at radius 1 is 1.23 bits per heavy atom. The van der Waals surface area contributed by atoms with Crippen LogP contribution in [0.3, 0.4) is 0 Å². The van der Waals surface area contributed by atoms with Gasteiger partial charge in [-0.15, -0.1) is 10.2 Å². The number of H-pyrrole nitrogens is 1. The third-order valence-electron chi connectivity index (χ3n) is 3.41. The van der Waals surface area contributed by atoms with Crippen molar-refractivity contribution in [2.75, 3.05) is 5.32 Å². The van der Waals surface area contributed by atoms with E-state index < -0.39 is 0 Å². The molecule has 2 N–H and O–H groups in total. The van der Waals surface area contributed by atoms with E-state index in [1.54, 1.807) is 0 Å². The second-order valence-corrected chi connectivity index (χ2v) is 5.08. The number of anilines is 1. The maximum absolute atomic E-state index is 11.9. The van der Waals surface area contributed by atoms with Crippen molar-refractivity contribution < 1.29 is 4.79 Å². The zero-order valence-corrected chi connectivity index (χ0v) is 12.3. The van der Waals surface area contributed by atoms with Crippen LogP contribution in [-0.2, 0) is 4.79 Å². The molecule has 6 nitrogen and oxygen atoms in total. The lowest BCUT2D eigenvalue weighted by Crippen LogP contribution is -2.11. The second kappa shape index (κ2) is 6.34. The van der Waals surface area contributed by atoms with E-state index in [-0.39, 0.29) is 5.91 Å². The Hall–Kier alpha value is -2.76. The number of nitrogens with one attached hydrogen (secondary N) is 2. The van der Waals surface area contributed by atoms with Crippen LogP contribution in [0.15, 0.2) is 36.4 Å². The Balaban J connectivity index is 1.90. The van der Waals surface area contributed by atoms with Gasteiger partial charge in [-0.2, -0.15) is 5.10 Å². The molecule has 0 unspecified atom stereocenters. The van der Waals surface area contributed by atoms with E-state index in [1.165, 1.54) is 0 Å². The van der Waals surface area contributed by atoms with Crippen molar-refractivity contribution in [3.63, 3.8) is 0 Å². The minimum atomic E-state index is -0.0340. The summed E-state index contributed by atoms with van der Waals surface area (Å²) >= 11 is 0. The van der Waals surface area contributed by atoms with Crippen molar-refractivity contribution >= 4 is 22.8 Å². The predicted molar refractivity (Wildman–Crippen MR) is 85.3 cm³/mol. The Bertz CT molecular complexity index is 782. The molecule has 0 saturated heterocycles. The minimum Gasteiger partial charge on any atom is -0.309 e. The van der Waals surface area contributed by atoms with Crippen LogP contribution in [-0.4, -0.2) is 26.3 Å². The van der Waals surface area contributed by atoms with Crippen molar-refractivity contribution in [1.29, 1.82) is 0 Å². The number of aromatic amines is 1. The topological polar surface area (TPSA) is 83.6 Å². The van der Waals surface area contributed by atoms with E-state index >= 15 is 0 Å². The summed E-state index contributed by atoms with van der Waals surface area (Å²) in [5, 5.41) is 18.8. The molecule has 2 aromatic heterocycles. The molecule has 1 aromatic carbocycles. The lowest BCUT2D eigenvalue weighted by atomic mass is 10.1. The van der Waals surface area contributed by atoms with E-state index in [2.05, 4.69) is 32.6 Å². The number of nitrogens with zero attached hydrogens (tertiary/aromatic N) is 3. The van der Waals surface area contributed by atoms with Gasteiger partial charge in [-0.1, -0.05) is 43.7 Å². The number of carbonyl (C=O) groups excluding carboxylic acids is 1. The zero-order chi connectivity index (χ0) is 15.4. The Kier molecular flexibility index (Phi) is 4.09. The van der Waals surface area contributed by atoms with Gasteiger partial charge in [-0.3, -0.25) is 9.89 Å². The molecular formula is C16H17N5O. The maximum atomic E-state index is 11.9. The molecule has 0 aliphatic heterocycles. The Morgan fingerprint density at radius 3 is 2.82 bits per heavy atom. The van der Waals surface area contributed by atoms with E-state index in [4.69, 9.17) is 0 Å². The number of rotatable bonds is 5. The van der Waals surface area contributed by atoms with Crippen molar-refractivity contribution in [3.8, 4) is 11.3 Å². The van der Waals surface area contributed by atoms with Gasteiger partial charge in [0.25, 0.3) is 0 Å². The van der Waals surface area contributed by atoms with E-state index in [1.807, 2.05) is 36.4 Å². The van der Waals surface area contributed by atoms with Crippen molar-refractivity contribution in [1.82, 2.24) is 20.4 Å². The van der Waals surface area contributed by atoms with Crippen LogP contribution in [0.4, 0.5) is 5.82 Å². The third kappa shape index (κ3) is 2.95. The van der Waals surface area contributed by atoms with Crippen molar-refractivity contribution in [3.05, 3.63) is 36.4 Å². The highest BCUT2D eigenvalue weighted by Gasteiger charge is 2.12. The standard InChI is InChI=1S/C16H17N5O/c1-2-3-9-14(22)17-15-12-10-13(11-7-5-4-6-8-11)18-20-16(12)21-19-15/h4-8,10H,2-3,9H2,1H3,(H2,17,19,20,21,22). The van der Waals surface area contributed by atoms with Gasteiger partial charge < -0.3 is 5.32 Å². The van der Waals surface area contributed by atoms with Crippen LogP contribution in [0, 0.1) is 0 Å². The first kappa shape index (κ1) is 14.2. The van der Waals surface area contributed by atoms with E-state index in [0.717, 1.165) is 29.5 Å². The van der Waals surface area contributed by atoms with Gasteiger partial charge in [0.1, 0.15) is 0 Å². The van der Waals surface area contributed by atoms with Gasteiger partial charge in [-0.25, -0.2) is 0 Å². The summed E-state index contributed by atoms with van der Waals surface area (Å²) in [6.07, 6.45) is 2.34. The molecule has 112 valence electrons. The number of carbonyl (C=O) groups is 1. The fourth-order valence-electron chi connectivity index (χ4n) is 2.20. The molecule has 0 aliphatic carbocycles. The third-order valence-corrected chi connectivity index (χ3v) is 3.41. The lowest BCUT2D eigenvalue weighted by molar-refractivity contribution is -0.116. The van der Waals surface area contributed by atoms with Crippen molar-refractivity contribution in [2.24, 2.45) is 0 Å². The van der Waals surface area contributed by atoms with Crippen molar-refractivity contribution in [2.45, 2.75) is 26.2 Å². The first-order valence-electron chi connectivity index (χ1n) is 7.35.